The molecule has 6 heteroatoms. The predicted molar refractivity (Wildman–Crippen MR) is 64.3 cm³/mol. The smallest absolute Gasteiger partial charge is 0.170 e. The lowest BCUT2D eigenvalue weighted by Crippen LogP contribution is -2.04. The minimum absolute atomic E-state index is 0.0374. The molecule has 0 fully saturated rings. The summed E-state index contributed by atoms with van der Waals surface area (Å²) in [5.74, 6) is 1.91. The molecule has 1 aromatic heterocycles. The zero-order valence-electron chi connectivity index (χ0n) is 10.3. The van der Waals surface area contributed by atoms with Gasteiger partial charge in [-0.05, 0) is 17.7 Å². The quantitative estimate of drug-likeness (QED) is 0.852. The van der Waals surface area contributed by atoms with E-state index in [0.29, 0.717) is 23.9 Å². The van der Waals surface area contributed by atoms with Crippen molar-refractivity contribution in [2.75, 3.05) is 7.11 Å². The van der Waals surface area contributed by atoms with Crippen LogP contribution in [0.1, 0.15) is 11.4 Å². The molecule has 0 bridgehead atoms. The summed E-state index contributed by atoms with van der Waals surface area (Å²) in [5, 5.41) is 16.8. The van der Waals surface area contributed by atoms with Crippen molar-refractivity contribution in [1.29, 1.82) is 0 Å². The summed E-state index contributed by atoms with van der Waals surface area (Å²) in [5.41, 5.74) is 0.767. The van der Waals surface area contributed by atoms with Crippen LogP contribution >= 0.6 is 0 Å². The maximum atomic E-state index is 9.10. The summed E-state index contributed by atoms with van der Waals surface area (Å²) >= 11 is 0. The molecule has 0 saturated carbocycles. The number of ether oxygens (including phenoxy) is 2. The first-order chi connectivity index (χ1) is 8.74. The van der Waals surface area contributed by atoms with Crippen LogP contribution in [0.25, 0.3) is 0 Å². The lowest BCUT2D eigenvalue weighted by molar-refractivity contribution is 0.265. The maximum Gasteiger partial charge on any atom is 0.170 e. The van der Waals surface area contributed by atoms with Crippen molar-refractivity contribution in [2.24, 2.45) is 7.05 Å². The summed E-state index contributed by atoms with van der Waals surface area (Å²) in [6.45, 7) is 0.256. The van der Waals surface area contributed by atoms with E-state index in [1.54, 1.807) is 36.2 Å². The first kappa shape index (κ1) is 12.4. The van der Waals surface area contributed by atoms with Gasteiger partial charge < -0.3 is 19.1 Å². The van der Waals surface area contributed by atoms with Crippen LogP contribution < -0.4 is 9.47 Å². The van der Waals surface area contributed by atoms with Crippen LogP contribution in [-0.4, -0.2) is 27.0 Å². The third kappa shape index (κ3) is 2.60. The molecule has 1 N–H and O–H groups in total. The first-order valence-corrected chi connectivity index (χ1v) is 5.48. The molecule has 2 aromatic rings. The number of rotatable bonds is 5. The van der Waals surface area contributed by atoms with Crippen molar-refractivity contribution in [1.82, 2.24) is 14.8 Å². The highest BCUT2D eigenvalue weighted by molar-refractivity contribution is 5.42. The Morgan fingerprint density at radius 1 is 1.33 bits per heavy atom. The molecule has 0 radical (unpaired) electrons. The third-order valence-electron chi connectivity index (χ3n) is 2.57. The minimum atomic E-state index is -0.0374. The second-order valence-electron chi connectivity index (χ2n) is 3.79. The zero-order chi connectivity index (χ0) is 13.0. The molecule has 0 saturated heterocycles. The number of hydrogen-bond acceptors (Lipinski definition) is 5. The number of benzene rings is 1. The Morgan fingerprint density at radius 3 is 2.78 bits per heavy atom. The molecule has 0 amide bonds. The highest BCUT2D eigenvalue weighted by Crippen LogP contribution is 2.28. The van der Waals surface area contributed by atoms with Crippen molar-refractivity contribution in [3.05, 3.63) is 35.9 Å². The average Bonchev–Trinajstić information content (AvgIpc) is 2.81. The van der Waals surface area contributed by atoms with Crippen LogP contribution in [-0.2, 0) is 20.3 Å². The molecule has 0 aliphatic carbocycles. The number of nitrogens with zero attached hydrogens (tertiary/aromatic N) is 3. The van der Waals surface area contributed by atoms with Crippen LogP contribution in [0.3, 0.4) is 0 Å². The molecule has 2 rings (SSSR count). The van der Waals surface area contributed by atoms with Gasteiger partial charge in [0.1, 0.15) is 12.9 Å². The molecule has 96 valence electrons. The Hall–Kier alpha value is -2.08. The Balaban J connectivity index is 2.14. The van der Waals surface area contributed by atoms with Gasteiger partial charge in [-0.25, -0.2) is 0 Å². The summed E-state index contributed by atoms with van der Waals surface area (Å²) in [6, 6.07) is 5.29. The van der Waals surface area contributed by atoms with Gasteiger partial charge in [0.05, 0.1) is 13.7 Å². The summed E-state index contributed by atoms with van der Waals surface area (Å²) < 4.78 is 12.6. The van der Waals surface area contributed by atoms with E-state index < -0.39 is 0 Å². The minimum Gasteiger partial charge on any atom is -0.493 e. The van der Waals surface area contributed by atoms with Gasteiger partial charge in [-0.15, -0.1) is 10.2 Å². The third-order valence-corrected chi connectivity index (χ3v) is 2.57. The fourth-order valence-corrected chi connectivity index (χ4v) is 1.51. The number of aromatic nitrogens is 3. The molecule has 0 atom stereocenters. The number of aryl methyl sites for hydroxylation is 1. The largest absolute Gasteiger partial charge is 0.493 e. The molecule has 0 aliphatic rings. The normalized spacial score (nSPS) is 10.4. The van der Waals surface area contributed by atoms with Crippen LogP contribution in [0.2, 0.25) is 0 Å². The summed E-state index contributed by atoms with van der Waals surface area (Å²) in [7, 11) is 3.42. The van der Waals surface area contributed by atoms with Gasteiger partial charge in [0.25, 0.3) is 0 Å². The fraction of sp³-hybridized carbons (Fsp3) is 0.333. The maximum absolute atomic E-state index is 9.10. The van der Waals surface area contributed by atoms with Crippen LogP contribution in [0.4, 0.5) is 0 Å². The van der Waals surface area contributed by atoms with Crippen LogP contribution in [0.5, 0.6) is 11.5 Å². The van der Waals surface area contributed by atoms with Crippen LogP contribution in [0, 0.1) is 0 Å². The predicted octanol–water partition coefficient (Wildman–Crippen LogP) is 0.895. The molecule has 1 heterocycles. The lowest BCUT2D eigenvalue weighted by atomic mass is 10.2. The molecular weight excluding hydrogens is 234 g/mol. The molecular formula is C12H15N3O3. The van der Waals surface area contributed by atoms with E-state index in [1.807, 2.05) is 7.05 Å². The number of aliphatic hydroxyl groups is 1. The van der Waals surface area contributed by atoms with Gasteiger partial charge in [0.2, 0.25) is 0 Å². The Kier molecular flexibility index (Phi) is 3.78. The van der Waals surface area contributed by atoms with Crippen molar-refractivity contribution in [3.8, 4) is 11.5 Å². The molecule has 1 aromatic carbocycles. The van der Waals surface area contributed by atoms with Crippen molar-refractivity contribution in [2.45, 2.75) is 13.2 Å². The molecule has 18 heavy (non-hydrogen) atoms. The Morgan fingerprint density at radius 2 is 2.17 bits per heavy atom. The van der Waals surface area contributed by atoms with E-state index in [4.69, 9.17) is 14.6 Å². The van der Waals surface area contributed by atoms with E-state index in [2.05, 4.69) is 10.2 Å². The van der Waals surface area contributed by atoms with Gasteiger partial charge >= 0.3 is 0 Å². The Labute approximate surface area is 105 Å². The van der Waals surface area contributed by atoms with E-state index >= 15 is 0 Å². The Bertz CT molecular complexity index is 525. The van der Waals surface area contributed by atoms with Gasteiger partial charge in [-0.1, -0.05) is 6.07 Å². The highest BCUT2D eigenvalue weighted by atomic mass is 16.5. The van der Waals surface area contributed by atoms with Crippen molar-refractivity contribution >= 4 is 0 Å². The monoisotopic (exact) mass is 249 g/mol. The van der Waals surface area contributed by atoms with E-state index in [-0.39, 0.29) is 6.61 Å². The van der Waals surface area contributed by atoms with Crippen molar-refractivity contribution in [3.63, 3.8) is 0 Å². The summed E-state index contributed by atoms with van der Waals surface area (Å²) in [4.78, 5) is 0. The van der Waals surface area contributed by atoms with E-state index in [9.17, 15) is 0 Å². The van der Waals surface area contributed by atoms with Gasteiger partial charge in [-0.2, -0.15) is 0 Å². The van der Waals surface area contributed by atoms with E-state index in [0.717, 1.165) is 5.56 Å². The van der Waals surface area contributed by atoms with Gasteiger partial charge in [-0.3, -0.25) is 0 Å². The molecule has 0 aliphatic heterocycles. The molecule has 6 nitrogen and oxygen atoms in total. The average molecular weight is 249 g/mol. The topological polar surface area (TPSA) is 69.4 Å². The fourth-order valence-electron chi connectivity index (χ4n) is 1.51. The first-order valence-electron chi connectivity index (χ1n) is 5.48. The SMILES string of the molecule is COc1ccc(CO)cc1OCc1nncn1C. The van der Waals surface area contributed by atoms with Crippen LogP contribution in [0.15, 0.2) is 24.5 Å². The zero-order valence-corrected chi connectivity index (χ0v) is 10.3. The second kappa shape index (κ2) is 5.50. The van der Waals surface area contributed by atoms with Gasteiger partial charge in [0, 0.05) is 7.05 Å². The number of hydrogen-bond donors (Lipinski definition) is 1. The molecule has 0 unspecified atom stereocenters. The second-order valence-corrected chi connectivity index (χ2v) is 3.79. The van der Waals surface area contributed by atoms with E-state index in [1.165, 1.54) is 0 Å². The molecule has 0 spiro atoms. The van der Waals surface area contributed by atoms with Crippen molar-refractivity contribution < 1.29 is 14.6 Å². The standard InChI is InChI=1S/C12H15N3O3/c1-15-8-13-14-12(15)7-18-11-5-9(6-16)3-4-10(11)17-2/h3-5,8,16H,6-7H2,1-2H3. The number of methoxy groups -OCH3 is 1. The van der Waals surface area contributed by atoms with Gasteiger partial charge in [0.15, 0.2) is 17.3 Å². The number of aliphatic hydroxyl groups excluding tert-OH is 1. The highest BCUT2D eigenvalue weighted by Gasteiger charge is 2.08. The summed E-state index contributed by atoms with van der Waals surface area (Å²) in [6.07, 6.45) is 1.61. The lowest BCUT2D eigenvalue weighted by Gasteiger charge is -2.11.